The Hall–Kier alpha value is -0.810. The summed E-state index contributed by atoms with van der Waals surface area (Å²) in [6.07, 6.45) is 3.41. The minimum absolute atomic E-state index is 0.0182. The van der Waals surface area contributed by atoms with Crippen LogP contribution in [0.3, 0.4) is 0 Å². The maximum absolute atomic E-state index is 12.0. The molecule has 2 aliphatic rings. The number of piperidine rings is 1. The third-order valence-corrected chi connectivity index (χ3v) is 3.85. The van der Waals surface area contributed by atoms with Crippen LogP contribution >= 0.6 is 0 Å². The highest BCUT2D eigenvalue weighted by Gasteiger charge is 2.59. The first-order chi connectivity index (χ1) is 7.74. The fraction of sp³-hybridized carbons (Fsp3) is 0.909. The van der Waals surface area contributed by atoms with E-state index in [0.717, 1.165) is 19.4 Å². The summed E-state index contributed by atoms with van der Waals surface area (Å²) in [5, 5.41) is 2.88. The van der Waals surface area contributed by atoms with Gasteiger partial charge in [0.25, 0.3) is 0 Å². The van der Waals surface area contributed by atoms with Gasteiger partial charge in [-0.05, 0) is 25.2 Å². The molecule has 0 aromatic heterocycles. The quantitative estimate of drug-likeness (QED) is 0.672. The molecule has 2 amide bonds. The van der Waals surface area contributed by atoms with E-state index in [2.05, 4.69) is 5.32 Å². The summed E-state index contributed by atoms with van der Waals surface area (Å²) in [5.74, 6) is 0.638. The van der Waals surface area contributed by atoms with Crippen molar-refractivity contribution in [1.29, 1.82) is 0 Å². The second kappa shape index (κ2) is 4.59. The van der Waals surface area contributed by atoms with Crippen molar-refractivity contribution in [1.82, 2.24) is 10.2 Å². The molecule has 5 heteroatoms. The van der Waals surface area contributed by atoms with Crippen molar-refractivity contribution in [2.24, 2.45) is 11.7 Å². The summed E-state index contributed by atoms with van der Waals surface area (Å²) in [5.41, 5.74) is 5.80. The zero-order chi connectivity index (χ0) is 11.6. The van der Waals surface area contributed by atoms with E-state index < -0.39 is 0 Å². The number of urea groups is 1. The van der Waals surface area contributed by atoms with Gasteiger partial charge in [0, 0.05) is 26.7 Å². The molecule has 0 aromatic carbocycles. The summed E-state index contributed by atoms with van der Waals surface area (Å²) >= 11 is 0. The number of likely N-dealkylation sites (tertiary alicyclic amines) is 1. The molecule has 2 rings (SSSR count). The van der Waals surface area contributed by atoms with Crippen molar-refractivity contribution in [3.63, 3.8) is 0 Å². The molecule has 1 saturated carbocycles. The van der Waals surface area contributed by atoms with E-state index in [1.165, 1.54) is 6.42 Å². The largest absolute Gasteiger partial charge is 0.383 e. The molecule has 0 bridgehead atoms. The maximum atomic E-state index is 12.0. The normalized spacial score (nSPS) is 32.1. The van der Waals surface area contributed by atoms with E-state index in [1.54, 1.807) is 7.11 Å². The van der Waals surface area contributed by atoms with Gasteiger partial charge in [-0.1, -0.05) is 0 Å². The number of hydrogen-bond acceptors (Lipinski definition) is 3. The Morgan fingerprint density at radius 2 is 2.50 bits per heavy atom. The van der Waals surface area contributed by atoms with Crippen LogP contribution in [0, 0.1) is 5.92 Å². The van der Waals surface area contributed by atoms with Crippen LogP contribution in [0.2, 0.25) is 0 Å². The first-order valence-electron chi connectivity index (χ1n) is 5.99. The standard InChI is InChI=1S/C11H21N3O2/c1-16-6-4-13-10(15)14-5-2-3-9-7-11(9,14)8-12/h9H,2-8,12H2,1H3,(H,13,15). The number of hydrogen-bond donors (Lipinski definition) is 2. The molecule has 1 aliphatic heterocycles. The average Bonchev–Trinajstić information content (AvgIpc) is 3.03. The van der Waals surface area contributed by atoms with E-state index in [1.807, 2.05) is 4.90 Å². The second-order valence-corrected chi connectivity index (χ2v) is 4.73. The topological polar surface area (TPSA) is 67.6 Å². The smallest absolute Gasteiger partial charge is 0.317 e. The molecule has 0 radical (unpaired) electrons. The number of nitrogens with zero attached hydrogens (tertiary/aromatic N) is 1. The van der Waals surface area contributed by atoms with Crippen LogP contribution in [-0.2, 0) is 4.74 Å². The molecule has 1 heterocycles. The molecule has 3 N–H and O–H groups in total. The molecular weight excluding hydrogens is 206 g/mol. The van der Waals surface area contributed by atoms with E-state index in [-0.39, 0.29) is 11.6 Å². The number of ether oxygens (including phenoxy) is 1. The molecule has 16 heavy (non-hydrogen) atoms. The Morgan fingerprint density at radius 1 is 1.69 bits per heavy atom. The lowest BCUT2D eigenvalue weighted by atomic mass is 10.0. The monoisotopic (exact) mass is 227 g/mol. The zero-order valence-electron chi connectivity index (χ0n) is 9.87. The van der Waals surface area contributed by atoms with E-state index in [0.29, 0.717) is 25.6 Å². The highest BCUT2D eigenvalue weighted by Crippen LogP contribution is 2.53. The van der Waals surface area contributed by atoms with Crippen molar-refractivity contribution in [2.75, 3.05) is 33.4 Å². The summed E-state index contributed by atoms with van der Waals surface area (Å²) in [4.78, 5) is 13.9. The Balaban J connectivity index is 1.89. The fourth-order valence-corrected chi connectivity index (χ4v) is 2.81. The third-order valence-electron chi connectivity index (χ3n) is 3.85. The molecule has 0 aromatic rings. The summed E-state index contributed by atoms with van der Waals surface area (Å²) in [6, 6.07) is 0.0182. The number of fused-ring (bicyclic) bond motifs is 1. The van der Waals surface area contributed by atoms with Crippen LogP contribution in [0.1, 0.15) is 19.3 Å². The Morgan fingerprint density at radius 3 is 3.19 bits per heavy atom. The predicted molar refractivity (Wildman–Crippen MR) is 61.1 cm³/mol. The van der Waals surface area contributed by atoms with Gasteiger partial charge in [0.1, 0.15) is 0 Å². The van der Waals surface area contributed by atoms with Crippen molar-refractivity contribution < 1.29 is 9.53 Å². The van der Waals surface area contributed by atoms with Crippen LogP contribution in [0.4, 0.5) is 4.79 Å². The van der Waals surface area contributed by atoms with Gasteiger partial charge >= 0.3 is 6.03 Å². The zero-order valence-corrected chi connectivity index (χ0v) is 9.87. The lowest BCUT2D eigenvalue weighted by Crippen LogP contribution is -2.54. The Bertz CT molecular complexity index is 272. The SMILES string of the molecule is COCCNC(=O)N1CCCC2CC21CN. The second-order valence-electron chi connectivity index (χ2n) is 4.73. The summed E-state index contributed by atoms with van der Waals surface area (Å²) < 4.78 is 4.91. The van der Waals surface area contributed by atoms with Gasteiger partial charge in [-0.25, -0.2) is 4.79 Å². The van der Waals surface area contributed by atoms with Crippen LogP contribution in [0.25, 0.3) is 0 Å². The van der Waals surface area contributed by atoms with Crippen molar-refractivity contribution in [3.05, 3.63) is 0 Å². The Kier molecular flexibility index (Phi) is 3.35. The van der Waals surface area contributed by atoms with Crippen LogP contribution in [-0.4, -0.2) is 49.8 Å². The molecule has 2 atom stereocenters. The van der Waals surface area contributed by atoms with Gasteiger partial charge in [0.2, 0.25) is 0 Å². The van der Waals surface area contributed by atoms with Crippen molar-refractivity contribution >= 4 is 6.03 Å². The minimum atomic E-state index is -0.0184. The highest BCUT2D eigenvalue weighted by atomic mass is 16.5. The van der Waals surface area contributed by atoms with Crippen LogP contribution < -0.4 is 11.1 Å². The lowest BCUT2D eigenvalue weighted by molar-refractivity contribution is 0.138. The van der Waals surface area contributed by atoms with Gasteiger partial charge in [-0.15, -0.1) is 0 Å². The number of methoxy groups -OCH3 is 1. The lowest BCUT2D eigenvalue weighted by Gasteiger charge is -2.35. The van der Waals surface area contributed by atoms with Gasteiger partial charge in [-0.2, -0.15) is 0 Å². The first-order valence-corrected chi connectivity index (χ1v) is 5.99. The van der Waals surface area contributed by atoms with Gasteiger partial charge in [-0.3, -0.25) is 0 Å². The highest BCUT2D eigenvalue weighted by molar-refractivity contribution is 5.76. The first kappa shape index (κ1) is 11.7. The van der Waals surface area contributed by atoms with Gasteiger partial charge < -0.3 is 20.7 Å². The number of rotatable bonds is 4. The van der Waals surface area contributed by atoms with E-state index >= 15 is 0 Å². The fourth-order valence-electron chi connectivity index (χ4n) is 2.81. The molecule has 0 spiro atoms. The molecule has 92 valence electrons. The number of nitrogens with two attached hydrogens (primary N) is 1. The molecular formula is C11H21N3O2. The van der Waals surface area contributed by atoms with Crippen molar-refractivity contribution in [2.45, 2.75) is 24.8 Å². The average molecular weight is 227 g/mol. The van der Waals surface area contributed by atoms with Crippen LogP contribution in [0.15, 0.2) is 0 Å². The van der Waals surface area contributed by atoms with E-state index in [4.69, 9.17) is 10.5 Å². The Labute approximate surface area is 96.3 Å². The number of amides is 2. The van der Waals surface area contributed by atoms with Crippen molar-refractivity contribution in [3.8, 4) is 0 Å². The number of nitrogens with one attached hydrogen (secondary N) is 1. The van der Waals surface area contributed by atoms with E-state index in [9.17, 15) is 4.79 Å². The summed E-state index contributed by atoms with van der Waals surface area (Å²) in [7, 11) is 1.63. The molecule has 2 fully saturated rings. The van der Waals surface area contributed by atoms with Gasteiger partial charge in [0.15, 0.2) is 0 Å². The maximum Gasteiger partial charge on any atom is 0.317 e. The molecule has 1 aliphatic carbocycles. The minimum Gasteiger partial charge on any atom is -0.383 e. The molecule has 2 unspecified atom stereocenters. The molecule has 1 saturated heterocycles. The number of carbonyl (C=O) groups excluding carboxylic acids is 1. The summed E-state index contributed by atoms with van der Waals surface area (Å²) in [6.45, 7) is 2.55. The third kappa shape index (κ3) is 1.89. The van der Waals surface area contributed by atoms with Crippen LogP contribution in [0.5, 0.6) is 0 Å². The molecule has 5 nitrogen and oxygen atoms in total. The van der Waals surface area contributed by atoms with Gasteiger partial charge in [0.05, 0.1) is 12.1 Å². The predicted octanol–water partition coefficient (Wildman–Crippen LogP) is 0.156. The number of carbonyl (C=O) groups is 1.